The molecule has 0 aliphatic carbocycles. The van der Waals surface area contributed by atoms with Gasteiger partial charge in [0.15, 0.2) is 0 Å². The normalized spacial score (nSPS) is 11.6. The van der Waals surface area contributed by atoms with Crippen molar-refractivity contribution < 1.29 is 9.59 Å². The number of urea groups is 1. The maximum atomic E-state index is 12.2. The van der Waals surface area contributed by atoms with Gasteiger partial charge in [-0.3, -0.25) is 4.79 Å². The van der Waals surface area contributed by atoms with Crippen LogP contribution in [0.15, 0.2) is 43.0 Å². The Balaban J connectivity index is 1.87. The van der Waals surface area contributed by atoms with E-state index >= 15 is 0 Å². The fraction of sp³-hybridized carbons (Fsp3) is 0.389. The lowest BCUT2D eigenvalue weighted by atomic mass is 10.1. The third-order valence-electron chi connectivity index (χ3n) is 3.92. The lowest BCUT2D eigenvalue weighted by Gasteiger charge is -2.18. The second-order valence-corrected chi connectivity index (χ2v) is 5.84. The highest BCUT2D eigenvalue weighted by atomic mass is 16.2. The Bertz CT molecular complexity index is 685. The number of imidazole rings is 1. The number of aromatic nitrogens is 2. The summed E-state index contributed by atoms with van der Waals surface area (Å²) < 4.78 is 1.94. The van der Waals surface area contributed by atoms with Crippen LogP contribution in [0.5, 0.6) is 0 Å². The van der Waals surface area contributed by atoms with Gasteiger partial charge in [0.05, 0.1) is 6.33 Å². The number of hydrogen-bond donors (Lipinski definition) is 3. The van der Waals surface area contributed by atoms with Gasteiger partial charge in [0.1, 0.15) is 0 Å². The molecule has 0 spiro atoms. The second-order valence-electron chi connectivity index (χ2n) is 5.84. The van der Waals surface area contributed by atoms with E-state index < -0.39 is 0 Å². The summed E-state index contributed by atoms with van der Waals surface area (Å²) in [6, 6.07) is 7.32. The molecule has 0 saturated heterocycles. The summed E-state index contributed by atoms with van der Waals surface area (Å²) in [6.07, 6.45) is 7.20. The first-order valence-electron chi connectivity index (χ1n) is 8.43. The first-order valence-corrected chi connectivity index (χ1v) is 8.43. The molecule has 25 heavy (non-hydrogen) atoms. The molecule has 0 radical (unpaired) electrons. The van der Waals surface area contributed by atoms with Crippen LogP contribution in [0.2, 0.25) is 0 Å². The highest BCUT2D eigenvalue weighted by molar-refractivity contribution is 5.89. The number of benzene rings is 1. The Morgan fingerprint density at radius 1 is 1.32 bits per heavy atom. The van der Waals surface area contributed by atoms with E-state index in [-0.39, 0.29) is 18.0 Å². The monoisotopic (exact) mass is 343 g/mol. The molecule has 0 bridgehead atoms. The molecule has 0 saturated carbocycles. The van der Waals surface area contributed by atoms with Crippen molar-refractivity contribution in [1.82, 2.24) is 20.2 Å². The lowest BCUT2D eigenvalue weighted by Crippen LogP contribution is -2.40. The van der Waals surface area contributed by atoms with E-state index in [1.807, 2.05) is 42.0 Å². The number of nitrogens with one attached hydrogen (secondary N) is 3. The Morgan fingerprint density at radius 3 is 2.84 bits per heavy atom. The van der Waals surface area contributed by atoms with E-state index in [0.29, 0.717) is 25.1 Å². The standard InChI is InChI=1S/C18H25N5O2/c1-3-15(12-23-10-9-20-13-23)21-18(25)22-16-6-4-5-14(11-16)7-8-17(24)19-2/h4-6,9-11,13,15H,3,7-8,12H2,1-2H3,(H,19,24)(H2,21,22,25)/t15-/m1/s1. The van der Waals surface area contributed by atoms with Gasteiger partial charge in [-0.25, -0.2) is 9.78 Å². The Kier molecular flexibility index (Phi) is 7.00. The zero-order valence-electron chi connectivity index (χ0n) is 14.7. The number of hydrogen-bond acceptors (Lipinski definition) is 3. The van der Waals surface area contributed by atoms with E-state index in [0.717, 1.165) is 12.0 Å². The fourth-order valence-electron chi connectivity index (χ4n) is 2.47. The quantitative estimate of drug-likeness (QED) is 0.686. The minimum atomic E-state index is -0.240. The fourth-order valence-corrected chi connectivity index (χ4v) is 2.47. The molecule has 1 atom stereocenters. The molecule has 0 fully saturated rings. The van der Waals surface area contributed by atoms with Crippen LogP contribution < -0.4 is 16.0 Å². The minimum absolute atomic E-state index is 0.00129. The second kappa shape index (κ2) is 9.46. The summed E-state index contributed by atoms with van der Waals surface area (Å²) in [7, 11) is 1.62. The summed E-state index contributed by atoms with van der Waals surface area (Å²) in [5, 5.41) is 8.43. The van der Waals surface area contributed by atoms with E-state index in [1.165, 1.54) is 0 Å². The molecule has 7 heteroatoms. The number of carbonyl (C=O) groups is 2. The van der Waals surface area contributed by atoms with Crippen LogP contribution in [0.3, 0.4) is 0 Å². The van der Waals surface area contributed by atoms with Gasteiger partial charge in [0.25, 0.3) is 0 Å². The van der Waals surface area contributed by atoms with Crippen molar-refractivity contribution in [2.75, 3.05) is 12.4 Å². The van der Waals surface area contributed by atoms with E-state index in [1.54, 1.807) is 19.6 Å². The Labute approximate surface area is 147 Å². The molecule has 0 unspecified atom stereocenters. The van der Waals surface area contributed by atoms with Crippen molar-refractivity contribution in [3.05, 3.63) is 48.5 Å². The van der Waals surface area contributed by atoms with Crippen molar-refractivity contribution in [3.63, 3.8) is 0 Å². The van der Waals surface area contributed by atoms with Crippen molar-refractivity contribution in [3.8, 4) is 0 Å². The molecule has 1 aromatic carbocycles. The molecule has 3 N–H and O–H groups in total. The summed E-state index contributed by atoms with van der Waals surface area (Å²) in [5.74, 6) is 0.00129. The third-order valence-corrected chi connectivity index (χ3v) is 3.92. The summed E-state index contributed by atoms with van der Waals surface area (Å²) in [5.41, 5.74) is 1.72. The van der Waals surface area contributed by atoms with Gasteiger partial charge in [0.2, 0.25) is 5.91 Å². The molecule has 1 aromatic heterocycles. The molecule has 7 nitrogen and oxygen atoms in total. The minimum Gasteiger partial charge on any atom is -0.359 e. The lowest BCUT2D eigenvalue weighted by molar-refractivity contribution is -0.120. The van der Waals surface area contributed by atoms with Gasteiger partial charge in [-0.1, -0.05) is 19.1 Å². The van der Waals surface area contributed by atoms with Crippen molar-refractivity contribution >= 4 is 17.6 Å². The van der Waals surface area contributed by atoms with Crippen LogP contribution in [0.25, 0.3) is 0 Å². The highest BCUT2D eigenvalue weighted by Crippen LogP contribution is 2.12. The number of carbonyl (C=O) groups excluding carboxylic acids is 2. The topological polar surface area (TPSA) is 88.1 Å². The molecule has 2 rings (SSSR count). The predicted octanol–water partition coefficient (Wildman–Crippen LogP) is 2.16. The van der Waals surface area contributed by atoms with E-state index in [2.05, 4.69) is 20.9 Å². The van der Waals surface area contributed by atoms with Gasteiger partial charge in [-0.15, -0.1) is 0 Å². The third kappa shape index (κ3) is 6.29. The van der Waals surface area contributed by atoms with Crippen LogP contribution in [0.1, 0.15) is 25.3 Å². The van der Waals surface area contributed by atoms with Crippen molar-refractivity contribution in [1.29, 1.82) is 0 Å². The zero-order chi connectivity index (χ0) is 18.1. The van der Waals surface area contributed by atoms with Gasteiger partial charge >= 0.3 is 6.03 Å². The molecule has 3 amide bonds. The summed E-state index contributed by atoms with van der Waals surface area (Å²) in [4.78, 5) is 27.6. The van der Waals surface area contributed by atoms with Gasteiger partial charge in [-0.2, -0.15) is 0 Å². The van der Waals surface area contributed by atoms with Crippen LogP contribution >= 0.6 is 0 Å². The molecular formula is C18H25N5O2. The van der Waals surface area contributed by atoms with Gasteiger partial charge in [-0.05, 0) is 30.5 Å². The predicted molar refractivity (Wildman–Crippen MR) is 97.3 cm³/mol. The summed E-state index contributed by atoms with van der Waals surface area (Å²) in [6.45, 7) is 2.71. The Morgan fingerprint density at radius 2 is 2.16 bits per heavy atom. The van der Waals surface area contributed by atoms with Gasteiger partial charge in [0, 0.05) is 44.1 Å². The zero-order valence-corrected chi connectivity index (χ0v) is 14.7. The van der Waals surface area contributed by atoms with Crippen LogP contribution in [-0.4, -0.2) is 34.6 Å². The first kappa shape index (κ1) is 18.5. The maximum Gasteiger partial charge on any atom is 0.319 e. The highest BCUT2D eigenvalue weighted by Gasteiger charge is 2.11. The molecular weight excluding hydrogens is 318 g/mol. The number of amides is 3. The molecule has 2 aromatic rings. The average molecular weight is 343 g/mol. The first-order chi connectivity index (χ1) is 12.1. The summed E-state index contributed by atoms with van der Waals surface area (Å²) >= 11 is 0. The molecule has 134 valence electrons. The van der Waals surface area contributed by atoms with Gasteiger partial charge < -0.3 is 20.5 Å². The molecule has 0 aliphatic heterocycles. The van der Waals surface area contributed by atoms with Crippen molar-refractivity contribution in [2.45, 2.75) is 38.8 Å². The SMILES string of the molecule is CC[C@H](Cn1ccnc1)NC(=O)Nc1cccc(CCC(=O)NC)c1. The van der Waals surface area contributed by atoms with Crippen LogP contribution in [0.4, 0.5) is 10.5 Å². The average Bonchev–Trinajstić information content (AvgIpc) is 3.12. The largest absolute Gasteiger partial charge is 0.359 e. The number of aryl methyl sites for hydroxylation is 1. The number of rotatable bonds is 8. The maximum absolute atomic E-state index is 12.2. The number of anilines is 1. The van der Waals surface area contributed by atoms with Crippen LogP contribution in [0, 0.1) is 0 Å². The van der Waals surface area contributed by atoms with Crippen molar-refractivity contribution in [2.24, 2.45) is 0 Å². The van der Waals surface area contributed by atoms with E-state index in [9.17, 15) is 9.59 Å². The molecule has 0 aliphatic rings. The Hall–Kier alpha value is -2.83. The van der Waals surface area contributed by atoms with Crippen LogP contribution in [-0.2, 0) is 17.8 Å². The number of nitrogens with zero attached hydrogens (tertiary/aromatic N) is 2. The smallest absolute Gasteiger partial charge is 0.319 e. The van der Waals surface area contributed by atoms with E-state index in [4.69, 9.17) is 0 Å². The molecule has 1 heterocycles.